The highest BCUT2D eigenvalue weighted by Gasteiger charge is 2.50. The number of ether oxygens (including phenoxy) is 4. The fourth-order valence-electron chi connectivity index (χ4n) is 8.60. The number of Topliss-reactive ketones (excluding diaryl/α,β-unsaturated/α-hetero) is 1. The van der Waals surface area contributed by atoms with Gasteiger partial charge in [0, 0.05) is 87.1 Å². The van der Waals surface area contributed by atoms with Gasteiger partial charge in [-0.05, 0) is 27.0 Å². The van der Waals surface area contributed by atoms with E-state index >= 15 is 0 Å². The number of carbonyl (C=O) groups excluding carboxylic acids is 3. The quantitative estimate of drug-likeness (QED) is 0.217. The van der Waals surface area contributed by atoms with Crippen molar-refractivity contribution in [3.63, 3.8) is 0 Å². The van der Waals surface area contributed by atoms with Crippen molar-refractivity contribution >= 4 is 34.1 Å². The maximum absolute atomic E-state index is 14.6. The number of amides is 1. The number of carbonyl (C=O) groups is 3. The topological polar surface area (TPSA) is 209 Å². The van der Waals surface area contributed by atoms with Gasteiger partial charge < -0.3 is 49.6 Å². The largest absolute Gasteiger partial charge is 0.507 e. The number of aliphatic hydroxyl groups is 2. The van der Waals surface area contributed by atoms with E-state index in [2.05, 4.69) is 15.2 Å². The van der Waals surface area contributed by atoms with Crippen LogP contribution in [0.3, 0.4) is 0 Å². The first kappa shape index (κ1) is 42.8. The van der Waals surface area contributed by atoms with Crippen LogP contribution in [-0.2, 0) is 23.8 Å². The van der Waals surface area contributed by atoms with Gasteiger partial charge >= 0.3 is 11.8 Å². The third-order valence-electron chi connectivity index (χ3n) is 12.4. The third-order valence-corrected chi connectivity index (χ3v) is 12.4. The fourth-order valence-corrected chi connectivity index (χ4v) is 8.60. The van der Waals surface area contributed by atoms with Gasteiger partial charge in [-0.15, -0.1) is 0 Å². The minimum absolute atomic E-state index is 0.0498. The van der Waals surface area contributed by atoms with Crippen LogP contribution in [0.1, 0.15) is 77.2 Å². The Labute approximate surface area is 337 Å². The summed E-state index contributed by atoms with van der Waals surface area (Å²) in [6, 6.07) is 0. The molecule has 9 unspecified atom stereocenters. The Bertz CT molecular complexity index is 2230. The third kappa shape index (κ3) is 7.49. The van der Waals surface area contributed by atoms with E-state index in [1.165, 1.54) is 33.3 Å². The number of hydrogen-bond acceptors (Lipinski definition) is 14. The number of aromatic hydroxyl groups is 2. The summed E-state index contributed by atoms with van der Waals surface area (Å²) in [4.78, 5) is 52.3. The molecule has 4 bridgehead atoms. The van der Waals surface area contributed by atoms with Crippen LogP contribution in [0.4, 0.5) is 5.69 Å². The molecular formula is C43H56N4O11. The lowest BCUT2D eigenvalue weighted by Gasteiger charge is -2.38. The Morgan fingerprint density at radius 2 is 1.64 bits per heavy atom. The molecule has 314 valence electrons. The Hall–Kier alpha value is -4.83. The van der Waals surface area contributed by atoms with Gasteiger partial charge in [-0.3, -0.25) is 19.4 Å². The first-order valence-electron chi connectivity index (χ1n) is 19.8. The lowest BCUT2D eigenvalue weighted by atomic mass is 9.78. The number of methoxy groups -OCH3 is 1. The summed E-state index contributed by atoms with van der Waals surface area (Å²) in [5, 5.41) is 50.2. The Balaban J connectivity index is 1.57. The van der Waals surface area contributed by atoms with Crippen LogP contribution in [-0.4, -0.2) is 106 Å². The zero-order valence-electron chi connectivity index (χ0n) is 34.8. The number of nitrogens with zero attached hydrogens (tertiary/aromatic N) is 3. The summed E-state index contributed by atoms with van der Waals surface area (Å²) in [5.74, 6) is -7.04. The normalized spacial score (nSPS) is 33.1. The van der Waals surface area contributed by atoms with Crippen LogP contribution in [0.15, 0.2) is 46.1 Å². The molecule has 15 nitrogen and oxygen atoms in total. The molecule has 9 atom stereocenters. The minimum atomic E-state index is -1.95. The molecule has 0 saturated carbocycles. The van der Waals surface area contributed by atoms with E-state index in [4.69, 9.17) is 23.9 Å². The zero-order valence-corrected chi connectivity index (χ0v) is 34.8. The summed E-state index contributed by atoms with van der Waals surface area (Å²) in [5.41, 5.74) is -0.114. The van der Waals surface area contributed by atoms with Crippen molar-refractivity contribution in [2.24, 2.45) is 33.7 Å². The summed E-state index contributed by atoms with van der Waals surface area (Å²) in [6.45, 7) is 14.2. The van der Waals surface area contributed by atoms with E-state index in [9.17, 15) is 34.8 Å². The number of likely N-dealkylation sites (tertiary alicyclic amines) is 1. The number of piperidine rings is 1. The van der Waals surface area contributed by atoms with Crippen LogP contribution in [0.5, 0.6) is 17.2 Å². The molecule has 1 amide bonds. The zero-order chi connectivity index (χ0) is 42.6. The number of nitrogens with one attached hydrogen (secondary N) is 1. The lowest BCUT2D eigenvalue weighted by Crippen LogP contribution is -2.46. The van der Waals surface area contributed by atoms with Crippen molar-refractivity contribution in [2.75, 3.05) is 32.6 Å². The van der Waals surface area contributed by atoms with Crippen LogP contribution >= 0.6 is 0 Å². The highest BCUT2D eigenvalue weighted by Crippen LogP contribution is 2.51. The molecule has 6 rings (SSSR count). The van der Waals surface area contributed by atoms with E-state index in [-0.39, 0.29) is 49.7 Å². The summed E-state index contributed by atoms with van der Waals surface area (Å²) >= 11 is 0. The van der Waals surface area contributed by atoms with Crippen molar-refractivity contribution in [3.05, 3.63) is 58.0 Å². The molecule has 1 spiro atoms. The number of rotatable bonds is 2. The first-order valence-corrected chi connectivity index (χ1v) is 19.8. The molecular weight excluding hydrogens is 748 g/mol. The molecule has 4 aliphatic rings. The number of benzene rings is 2. The van der Waals surface area contributed by atoms with Crippen LogP contribution in [0.25, 0.3) is 10.8 Å². The molecule has 4 heterocycles. The molecule has 15 heteroatoms. The summed E-state index contributed by atoms with van der Waals surface area (Å²) < 4.78 is 23.9. The Morgan fingerprint density at radius 1 is 0.966 bits per heavy atom. The number of anilines is 1. The van der Waals surface area contributed by atoms with Gasteiger partial charge in [-0.2, -0.15) is 0 Å². The summed E-state index contributed by atoms with van der Waals surface area (Å²) in [7, 11) is 3.47. The summed E-state index contributed by atoms with van der Waals surface area (Å²) in [6.07, 6.45) is 5.03. The maximum Gasteiger partial charge on any atom is 0.312 e. The van der Waals surface area contributed by atoms with Crippen molar-refractivity contribution in [1.82, 2.24) is 4.90 Å². The van der Waals surface area contributed by atoms with Crippen LogP contribution in [0, 0.1) is 30.6 Å². The van der Waals surface area contributed by atoms with Gasteiger partial charge in [0.05, 0.1) is 41.2 Å². The molecule has 0 aliphatic carbocycles. The van der Waals surface area contributed by atoms with Gasteiger partial charge in [-0.1, -0.05) is 45.9 Å². The lowest BCUT2D eigenvalue weighted by molar-refractivity contribution is -0.160. The predicted octanol–water partition coefficient (Wildman–Crippen LogP) is 3.72. The van der Waals surface area contributed by atoms with E-state index < -0.39 is 82.9 Å². The maximum atomic E-state index is 14.6. The van der Waals surface area contributed by atoms with Gasteiger partial charge in [0.2, 0.25) is 0 Å². The molecule has 0 radical (unpaired) electrons. The van der Waals surface area contributed by atoms with Gasteiger partial charge in [0.25, 0.3) is 11.7 Å². The first-order chi connectivity index (χ1) is 27.3. The molecule has 1 saturated heterocycles. The van der Waals surface area contributed by atoms with Gasteiger partial charge in [-0.25, -0.2) is 4.99 Å². The second-order valence-corrected chi connectivity index (χ2v) is 16.6. The van der Waals surface area contributed by atoms with E-state index in [0.29, 0.717) is 31.6 Å². The van der Waals surface area contributed by atoms with Crippen LogP contribution < -0.4 is 20.8 Å². The van der Waals surface area contributed by atoms with E-state index in [1.807, 2.05) is 7.05 Å². The van der Waals surface area contributed by atoms with Crippen molar-refractivity contribution in [1.29, 1.82) is 0 Å². The average molecular weight is 805 g/mol. The highest BCUT2D eigenvalue weighted by atomic mass is 16.7. The molecule has 1 fully saturated rings. The molecule has 2 aromatic carbocycles. The monoisotopic (exact) mass is 804 g/mol. The standard InChI is InChI=1S/C43H56N4O11/c1-20-12-11-13-21(2)41(54)44-33-32-31(45-43(46-32)15-17-47(9)18-16-43)28-29(37(33)52)36(51)25(6)39-30(28)40(53)42(8,58-39)56-19-14-27(55-10)22(3)38(57-26(7)48)24(5)35(50)23(4)34(20)49/h11-14,19-20,22-24,27,34-35,38,45,49-52H,15-18H2,1-10H3/b12-11-,19-14?,21-13-,44-33?. The average Bonchev–Trinajstić information content (AvgIpc) is 3.69. The number of esters is 1. The van der Waals surface area contributed by atoms with Crippen molar-refractivity contribution in [3.8, 4) is 17.2 Å². The van der Waals surface area contributed by atoms with Gasteiger partial charge in [0.1, 0.15) is 34.0 Å². The number of hydrogen-bond donors (Lipinski definition) is 5. The SMILES string of the molecule is COC1C=COC2(C)Oc3c(C)c(O)c4c(O)c(c5c(c4c3C2=O)NC2(CCN(C)CC2)N=5)=NC(=O)/C(C)=C\C=C/C(C)C(O)C(C)C(O)C(C)C(OC(C)=O)C1C. The molecule has 58 heavy (non-hydrogen) atoms. The fraction of sp³-hybridized carbons (Fsp3) is 0.558. The number of phenolic OH excluding ortho intramolecular Hbond substituents is 2. The van der Waals surface area contributed by atoms with Crippen molar-refractivity contribution in [2.45, 2.75) is 104 Å². The van der Waals surface area contributed by atoms with Crippen molar-refractivity contribution < 1.29 is 53.8 Å². The van der Waals surface area contributed by atoms with Crippen LogP contribution in [0.2, 0.25) is 0 Å². The minimum Gasteiger partial charge on any atom is -0.507 e. The second kappa shape index (κ2) is 16.1. The molecule has 2 aromatic rings. The second-order valence-electron chi connectivity index (χ2n) is 16.6. The highest BCUT2D eigenvalue weighted by molar-refractivity contribution is 6.21. The molecule has 4 aliphatic heterocycles. The molecule has 0 aromatic heterocycles. The number of fused-ring (bicyclic) bond motifs is 1. The number of ketones is 1. The van der Waals surface area contributed by atoms with Gasteiger partial charge in [0.15, 0.2) is 5.75 Å². The predicted molar refractivity (Wildman–Crippen MR) is 214 cm³/mol. The Morgan fingerprint density at radius 3 is 2.28 bits per heavy atom. The van der Waals surface area contributed by atoms with E-state index in [1.54, 1.807) is 59.8 Å². The number of aliphatic hydroxyl groups excluding tert-OH is 2. The smallest absolute Gasteiger partial charge is 0.312 e. The van der Waals surface area contributed by atoms with E-state index in [0.717, 1.165) is 0 Å². The number of phenols is 2. The molecule has 5 N–H and O–H groups in total. The number of allylic oxidation sites excluding steroid dienone is 2. The Kier molecular flexibility index (Phi) is 11.9.